The molecule has 1 amide bonds. The Labute approximate surface area is 183 Å². The molecule has 0 unspecified atom stereocenters. The molecule has 0 radical (unpaired) electrons. The Bertz CT molecular complexity index is 729. The van der Waals surface area contributed by atoms with Gasteiger partial charge < -0.3 is 9.47 Å². The number of nitrogens with zero attached hydrogens (tertiary/aromatic N) is 1. The maximum absolute atomic E-state index is 12.3. The molecule has 5 nitrogen and oxygen atoms in total. The summed E-state index contributed by atoms with van der Waals surface area (Å²) in [4.78, 5) is 25.9. The van der Waals surface area contributed by atoms with Gasteiger partial charge in [-0.25, -0.2) is 4.79 Å². The van der Waals surface area contributed by atoms with Crippen molar-refractivity contribution in [2.45, 2.75) is 13.8 Å². The summed E-state index contributed by atoms with van der Waals surface area (Å²) in [5, 5.41) is 0. The molecule has 0 atom stereocenters. The van der Waals surface area contributed by atoms with Crippen molar-refractivity contribution in [3.05, 3.63) is 29.7 Å². The van der Waals surface area contributed by atoms with Crippen molar-refractivity contribution in [2.75, 3.05) is 19.8 Å². The fraction of sp³-hybridized carbons (Fsp3) is 0.312. The number of thioether (sulfide) groups is 1. The molecule has 0 aromatic heterocycles. The zero-order chi connectivity index (χ0) is 18.6. The number of esters is 1. The van der Waals surface area contributed by atoms with E-state index in [1.54, 1.807) is 11.8 Å². The van der Waals surface area contributed by atoms with E-state index in [4.69, 9.17) is 21.7 Å². The molecule has 25 heavy (non-hydrogen) atoms. The van der Waals surface area contributed by atoms with Gasteiger partial charge in [-0.3, -0.25) is 9.69 Å². The number of thiocarbonyl (C=S) groups is 1. The van der Waals surface area contributed by atoms with Crippen molar-refractivity contribution in [1.29, 1.82) is 0 Å². The van der Waals surface area contributed by atoms with E-state index in [1.165, 1.54) is 11.8 Å². The van der Waals surface area contributed by atoms with Crippen LogP contribution in [0.25, 0.3) is 6.08 Å². The summed E-state index contributed by atoms with van der Waals surface area (Å²) in [5.74, 6) is 0.166. The van der Waals surface area contributed by atoms with Crippen molar-refractivity contribution in [3.8, 4) is 5.75 Å². The third-order valence-corrected chi connectivity index (χ3v) is 6.13. The Morgan fingerprint density at radius 1 is 1.32 bits per heavy atom. The number of halogens is 2. The highest BCUT2D eigenvalue weighted by atomic mass is 127. The summed E-state index contributed by atoms with van der Waals surface area (Å²) in [5.41, 5.74) is 0.883. The van der Waals surface area contributed by atoms with Crippen LogP contribution in [0.3, 0.4) is 0 Å². The molecular formula is C16H15I2NO4S2. The monoisotopic (exact) mass is 603 g/mol. The highest BCUT2D eigenvalue weighted by Gasteiger charge is 2.30. The van der Waals surface area contributed by atoms with Gasteiger partial charge in [-0.1, -0.05) is 24.0 Å². The molecule has 0 aliphatic carbocycles. The van der Waals surface area contributed by atoms with E-state index in [0.717, 1.165) is 12.7 Å². The fourth-order valence-corrected chi connectivity index (χ4v) is 5.57. The smallest absolute Gasteiger partial charge is 0.344 e. The summed E-state index contributed by atoms with van der Waals surface area (Å²) in [6.07, 6.45) is 1.83. The van der Waals surface area contributed by atoms with E-state index in [2.05, 4.69) is 45.2 Å². The van der Waals surface area contributed by atoms with Crippen LogP contribution in [0.1, 0.15) is 19.4 Å². The number of ether oxygens (including phenoxy) is 2. The average molecular weight is 603 g/mol. The van der Waals surface area contributed by atoms with Gasteiger partial charge in [0.2, 0.25) is 0 Å². The Morgan fingerprint density at radius 2 is 1.96 bits per heavy atom. The number of hydrogen-bond acceptors (Lipinski definition) is 6. The molecule has 1 aliphatic heterocycles. The number of carbonyl (C=O) groups is 2. The van der Waals surface area contributed by atoms with Crippen molar-refractivity contribution in [1.82, 2.24) is 4.90 Å². The molecule has 134 valence electrons. The summed E-state index contributed by atoms with van der Waals surface area (Å²) >= 11 is 10.8. The summed E-state index contributed by atoms with van der Waals surface area (Å²) in [7, 11) is 0. The lowest BCUT2D eigenvalue weighted by Crippen LogP contribution is -2.27. The van der Waals surface area contributed by atoms with Gasteiger partial charge in [-0.15, -0.1) is 0 Å². The Balaban J connectivity index is 2.20. The lowest BCUT2D eigenvalue weighted by molar-refractivity contribution is -0.145. The minimum atomic E-state index is -0.401. The van der Waals surface area contributed by atoms with Crippen molar-refractivity contribution < 1.29 is 19.1 Å². The predicted molar refractivity (Wildman–Crippen MR) is 120 cm³/mol. The molecule has 1 aromatic carbocycles. The molecule has 1 heterocycles. The number of carbonyl (C=O) groups excluding carboxylic acids is 2. The zero-order valence-electron chi connectivity index (χ0n) is 13.5. The molecule has 1 fully saturated rings. The molecule has 1 aromatic rings. The van der Waals surface area contributed by atoms with Crippen LogP contribution in [0.5, 0.6) is 5.75 Å². The Morgan fingerprint density at radius 3 is 2.48 bits per heavy atom. The van der Waals surface area contributed by atoms with Crippen LogP contribution >= 0.6 is 69.2 Å². The molecule has 0 spiro atoms. The second-order valence-electron chi connectivity index (χ2n) is 4.83. The van der Waals surface area contributed by atoms with E-state index in [1.807, 2.05) is 25.1 Å². The number of benzene rings is 1. The topological polar surface area (TPSA) is 55.8 Å². The van der Waals surface area contributed by atoms with E-state index >= 15 is 0 Å². The molecule has 0 bridgehead atoms. The molecule has 0 N–H and O–H groups in total. The molecule has 0 saturated carbocycles. The van der Waals surface area contributed by atoms with Crippen molar-refractivity contribution in [3.63, 3.8) is 0 Å². The first kappa shape index (κ1) is 20.9. The standard InChI is InChI=1S/C16H15I2NO4S2/c1-3-19-15(21)12(25-16(19)24)7-9-5-10(17)14(11(18)6-9)23-8-13(20)22-4-2/h5-7H,3-4,8H2,1-2H3/b12-7-. The van der Waals surface area contributed by atoms with Gasteiger partial charge in [0.15, 0.2) is 6.61 Å². The summed E-state index contributed by atoms with van der Waals surface area (Å²) < 4.78 is 12.7. The number of amides is 1. The third-order valence-electron chi connectivity index (χ3n) is 3.15. The average Bonchev–Trinajstić information content (AvgIpc) is 2.80. The fourth-order valence-electron chi connectivity index (χ4n) is 2.06. The van der Waals surface area contributed by atoms with E-state index in [9.17, 15) is 9.59 Å². The highest BCUT2D eigenvalue weighted by molar-refractivity contribution is 14.1. The van der Waals surface area contributed by atoms with Crippen molar-refractivity contribution in [2.24, 2.45) is 0 Å². The number of hydrogen-bond donors (Lipinski definition) is 0. The molecular weight excluding hydrogens is 588 g/mol. The van der Waals surface area contributed by atoms with E-state index in [0.29, 0.717) is 28.1 Å². The van der Waals surface area contributed by atoms with Gasteiger partial charge in [-0.05, 0) is 82.8 Å². The second kappa shape index (κ2) is 9.51. The minimum absolute atomic E-state index is 0.0647. The first-order valence-corrected chi connectivity index (χ1v) is 10.8. The van der Waals surface area contributed by atoms with Gasteiger partial charge in [0.25, 0.3) is 5.91 Å². The van der Waals surface area contributed by atoms with Crippen LogP contribution in [0, 0.1) is 7.14 Å². The van der Waals surface area contributed by atoms with Crippen LogP contribution in [0.2, 0.25) is 0 Å². The third kappa shape index (κ3) is 5.30. The van der Waals surface area contributed by atoms with Crippen LogP contribution in [-0.2, 0) is 14.3 Å². The Hall–Kier alpha value is -0.400. The highest BCUT2D eigenvalue weighted by Crippen LogP contribution is 2.34. The normalized spacial score (nSPS) is 15.8. The van der Waals surface area contributed by atoms with Gasteiger partial charge in [0.1, 0.15) is 10.1 Å². The molecule has 9 heteroatoms. The zero-order valence-corrected chi connectivity index (χ0v) is 19.5. The molecule has 1 aliphatic rings. The lowest BCUT2D eigenvalue weighted by atomic mass is 10.2. The quantitative estimate of drug-likeness (QED) is 0.212. The first-order chi connectivity index (χ1) is 11.9. The van der Waals surface area contributed by atoms with E-state index in [-0.39, 0.29) is 12.5 Å². The van der Waals surface area contributed by atoms with Crippen LogP contribution < -0.4 is 4.74 Å². The molecule has 2 rings (SSSR count). The van der Waals surface area contributed by atoms with Gasteiger partial charge in [-0.2, -0.15) is 0 Å². The summed E-state index contributed by atoms with van der Waals surface area (Å²) in [6, 6.07) is 3.81. The first-order valence-electron chi connectivity index (χ1n) is 7.40. The SMILES string of the molecule is CCOC(=O)COc1c(I)cc(/C=C2\SC(=S)N(CC)C2=O)cc1I. The largest absolute Gasteiger partial charge is 0.480 e. The van der Waals surface area contributed by atoms with Crippen LogP contribution in [0.15, 0.2) is 17.0 Å². The van der Waals surface area contributed by atoms with E-state index < -0.39 is 5.97 Å². The Kier molecular flexibility index (Phi) is 7.95. The maximum atomic E-state index is 12.3. The number of likely N-dealkylation sites (N-methyl/N-ethyl adjacent to an activating group) is 1. The van der Waals surface area contributed by atoms with Crippen molar-refractivity contribution >= 4 is 91.4 Å². The molecule has 1 saturated heterocycles. The van der Waals surface area contributed by atoms with Crippen LogP contribution in [-0.4, -0.2) is 40.9 Å². The minimum Gasteiger partial charge on any atom is -0.480 e. The van der Waals surface area contributed by atoms with Gasteiger partial charge in [0, 0.05) is 6.54 Å². The van der Waals surface area contributed by atoms with Gasteiger partial charge >= 0.3 is 5.97 Å². The maximum Gasteiger partial charge on any atom is 0.344 e. The second-order valence-corrected chi connectivity index (χ2v) is 8.83. The number of rotatable bonds is 6. The predicted octanol–water partition coefficient (Wildman–Crippen LogP) is 4.06. The van der Waals surface area contributed by atoms with Gasteiger partial charge in [0.05, 0.1) is 18.7 Å². The lowest BCUT2D eigenvalue weighted by Gasteiger charge is -2.11. The summed E-state index contributed by atoms with van der Waals surface area (Å²) in [6.45, 7) is 4.41. The van der Waals surface area contributed by atoms with Crippen LogP contribution in [0.4, 0.5) is 0 Å².